The second-order valence-corrected chi connectivity index (χ2v) is 6.52. The van der Waals surface area contributed by atoms with Gasteiger partial charge in [-0.05, 0) is 13.8 Å². The molecule has 0 spiro atoms. The Hall–Kier alpha value is -1.58. The minimum absolute atomic E-state index is 0.136. The van der Waals surface area contributed by atoms with Crippen molar-refractivity contribution in [3.05, 3.63) is 0 Å². The van der Waals surface area contributed by atoms with E-state index >= 15 is 0 Å². The Morgan fingerprint density at radius 1 is 1.23 bits per heavy atom. The zero-order valence-electron chi connectivity index (χ0n) is 13.8. The van der Waals surface area contributed by atoms with E-state index in [-0.39, 0.29) is 24.8 Å². The Labute approximate surface area is 132 Å². The monoisotopic (exact) mass is 310 g/mol. The fourth-order valence-electron chi connectivity index (χ4n) is 2.08. The summed E-state index contributed by atoms with van der Waals surface area (Å²) in [5, 5.41) is 5.43. The van der Waals surface area contributed by atoms with Crippen molar-refractivity contribution < 1.29 is 19.1 Å². The highest BCUT2D eigenvalue weighted by Crippen LogP contribution is 2.34. The van der Waals surface area contributed by atoms with Gasteiger partial charge in [0.1, 0.15) is 6.10 Å². The molecule has 2 amide bonds. The van der Waals surface area contributed by atoms with E-state index in [1.54, 1.807) is 13.8 Å². The van der Waals surface area contributed by atoms with E-state index in [1.165, 1.54) is 0 Å². The summed E-state index contributed by atoms with van der Waals surface area (Å²) >= 11 is 0. The van der Waals surface area contributed by atoms with E-state index in [2.05, 4.69) is 16.6 Å². The van der Waals surface area contributed by atoms with E-state index in [0.29, 0.717) is 19.6 Å². The van der Waals surface area contributed by atoms with Crippen LogP contribution in [0.2, 0.25) is 0 Å². The first-order valence-corrected chi connectivity index (χ1v) is 7.47. The average molecular weight is 310 g/mol. The number of hydrogen-bond donors (Lipinski definition) is 2. The third kappa shape index (κ3) is 5.66. The maximum atomic E-state index is 12.3. The standard InChI is InChI=1S/C16H26N2O4/c1-6-7-9-17-12(19)8-10-18-14(20)13-15(2,3)11-21-16(4,5)22-13/h1,13H,7-11H2,2-5H3,(H,17,19)(H,18,20)/t13-/m1/s1. The number of carbonyl (C=O) groups is 2. The maximum Gasteiger partial charge on any atom is 0.249 e. The summed E-state index contributed by atoms with van der Waals surface area (Å²) in [5.74, 6) is 1.30. The van der Waals surface area contributed by atoms with Gasteiger partial charge in [-0.3, -0.25) is 9.59 Å². The Balaban J connectivity index is 2.41. The number of terminal acetylenes is 1. The number of rotatable bonds is 6. The van der Waals surface area contributed by atoms with E-state index < -0.39 is 17.3 Å². The van der Waals surface area contributed by atoms with Gasteiger partial charge < -0.3 is 20.1 Å². The fourth-order valence-corrected chi connectivity index (χ4v) is 2.08. The highest BCUT2D eigenvalue weighted by molar-refractivity contribution is 5.83. The molecule has 1 aliphatic heterocycles. The first-order valence-electron chi connectivity index (χ1n) is 7.47. The smallest absolute Gasteiger partial charge is 0.249 e. The highest BCUT2D eigenvalue weighted by Gasteiger charge is 2.45. The lowest BCUT2D eigenvalue weighted by atomic mass is 9.85. The van der Waals surface area contributed by atoms with Gasteiger partial charge in [0.15, 0.2) is 5.79 Å². The van der Waals surface area contributed by atoms with Crippen LogP contribution in [-0.2, 0) is 19.1 Å². The Kier molecular flexibility index (Phi) is 6.39. The highest BCUT2D eigenvalue weighted by atomic mass is 16.7. The molecule has 6 heteroatoms. The summed E-state index contributed by atoms with van der Waals surface area (Å²) < 4.78 is 11.3. The van der Waals surface area contributed by atoms with Crippen LogP contribution in [0, 0.1) is 17.8 Å². The van der Waals surface area contributed by atoms with Crippen molar-refractivity contribution in [2.75, 3.05) is 19.7 Å². The summed E-state index contributed by atoms with van der Waals surface area (Å²) in [6.07, 6.45) is 5.20. The van der Waals surface area contributed by atoms with E-state index in [0.717, 1.165) is 0 Å². The van der Waals surface area contributed by atoms with Crippen LogP contribution < -0.4 is 10.6 Å². The summed E-state index contributed by atoms with van der Waals surface area (Å²) in [7, 11) is 0. The lowest BCUT2D eigenvalue weighted by Crippen LogP contribution is -2.56. The fraction of sp³-hybridized carbons (Fsp3) is 0.750. The molecule has 0 aliphatic carbocycles. The summed E-state index contributed by atoms with van der Waals surface area (Å²) in [6, 6.07) is 0. The third-order valence-corrected chi connectivity index (χ3v) is 3.38. The largest absolute Gasteiger partial charge is 0.355 e. The van der Waals surface area contributed by atoms with Crippen LogP contribution in [0.15, 0.2) is 0 Å². The molecule has 1 atom stereocenters. The lowest BCUT2D eigenvalue weighted by Gasteiger charge is -2.44. The first kappa shape index (κ1) is 18.5. The van der Waals surface area contributed by atoms with Gasteiger partial charge in [-0.2, -0.15) is 0 Å². The molecule has 0 aromatic rings. The zero-order chi connectivity index (χ0) is 16.8. The molecule has 0 radical (unpaired) electrons. The van der Waals surface area contributed by atoms with Gasteiger partial charge in [-0.15, -0.1) is 12.3 Å². The van der Waals surface area contributed by atoms with Crippen molar-refractivity contribution >= 4 is 11.8 Å². The average Bonchev–Trinajstić information content (AvgIpc) is 2.42. The minimum Gasteiger partial charge on any atom is -0.355 e. The molecule has 2 N–H and O–H groups in total. The quantitative estimate of drug-likeness (QED) is 0.562. The summed E-state index contributed by atoms with van der Waals surface area (Å²) in [6.45, 7) is 8.54. The Bertz CT molecular complexity index is 452. The number of carbonyl (C=O) groups excluding carboxylic acids is 2. The molecular weight excluding hydrogens is 284 g/mol. The van der Waals surface area contributed by atoms with Crippen LogP contribution >= 0.6 is 0 Å². The van der Waals surface area contributed by atoms with Crippen molar-refractivity contribution in [3.63, 3.8) is 0 Å². The van der Waals surface area contributed by atoms with Gasteiger partial charge in [0.25, 0.3) is 0 Å². The van der Waals surface area contributed by atoms with E-state index in [1.807, 2.05) is 13.8 Å². The molecule has 1 aliphatic rings. The van der Waals surface area contributed by atoms with Crippen LogP contribution in [0.4, 0.5) is 0 Å². The molecular formula is C16H26N2O4. The molecule has 1 fully saturated rings. The molecule has 0 bridgehead atoms. The summed E-state index contributed by atoms with van der Waals surface area (Å²) in [4.78, 5) is 23.8. The van der Waals surface area contributed by atoms with Crippen molar-refractivity contribution in [2.45, 2.75) is 52.4 Å². The molecule has 1 rings (SSSR count). The first-order chi connectivity index (χ1) is 10.2. The van der Waals surface area contributed by atoms with Gasteiger partial charge in [0.05, 0.1) is 6.61 Å². The Morgan fingerprint density at radius 3 is 2.55 bits per heavy atom. The van der Waals surface area contributed by atoms with Gasteiger partial charge in [-0.1, -0.05) is 13.8 Å². The zero-order valence-corrected chi connectivity index (χ0v) is 13.8. The second kappa shape index (κ2) is 7.61. The molecule has 1 saturated heterocycles. The second-order valence-electron chi connectivity index (χ2n) is 6.52. The SMILES string of the molecule is C#CCCNC(=O)CCNC(=O)[C@H]1OC(C)(C)OCC1(C)C. The van der Waals surface area contributed by atoms with Gasteiger partial charge in [-0.25, -0.2) is 0 Å². The van der Waals surface area contributed by atoms with Crippen LogP contribution in [0.25, 0.3) is 0 Å². The van der Waals surface area contributed by atoms with Gasteiger partial charge >= 0.3 is 0 Å². The van der Waals surface area contributed by atoms with Crippen LogP contribution in [-0.4, -0.2) is 43.4 Å². The van der Waals surface area contributed by atoms with Gasteiger partial charge in [0, 0.05) is 31.3 Å². The van der Waals surface area contributed by atoms with Crippen molar-refractivity contribution in [1.82, 2.24) is 10.6 Å². The molecule has 124 valence electrons. The minimum atomic E-state index is -0.788. The number of ether oxygens (including phenoxy) is 2. The van der Waals surface area contributed by atoms with Crippen LogP contribution in [0.5, 0.6) is 0 Å². The van der Waals surface area contributed by atoms with Crippen molar-refractivity contribution in [1.29, 1.82) is 0 Å². The predicted octanol–water partition coefficient (Wildman–Crippen LogP) is 0.810. The molecule has 0 aromatic carbocycles. The topological polar surface area (TPSA) is 76.7 Å². The maximum absolute atomic E-state index is 12.3. The van der Waals surface area contributed by atoms with Crippen molar-refractivity contribution in [3.8, 4) is 12.3 Å². The normalized spacial score (nSPS) is 22.4. The number of nitrogens with one attached hydrogen (secondary N) is 2. The summed E-state index contributed by atoms with van der Waals surface area (Å²) in [5.41, 5.74) is -0.422. The third-order valence-electron chi connectivity index (χ3n) is 3.38. The molecule has 0 unspecified atom stereocenters. The van der Waals surface area contributed by atoms with Crippen molar-refractivity contribution in [2.24, 2.45) is 5.41 Å². The van der Waals surface area contributed by atoms with Crippen LogP contribution in [0.1, 0.15) is 40.5 Å². The Morgan fingerprint density at radius 2 is 1.91 bits per heavy atom. The molecule has 1 heterocycles. The molecule has 0 aromatic heterocycles. The van der Waals surface area contributed by atoms with E-state index in [9.17, 15) is 9.59 Å². The number of amides is 2. The molecule has 6 nitrogen and oxygen atoms in total. The number of hydrogen-bond acceptors (Lipinski definition) is 4. The lowest BCUT2D eigenvalue weighted by molar-refractivity contribution is -0.304. The van der Waals surface area contributed by atoms with Gasteiger partial charge in [0.2, 0.25) is 11.8 Å². The van der Waals surface area contributed by atoms with E-state index in [4.69, 9.17) is 15.9 Å². The predicted molar refractivity (Wildman–Crippen MR) is 82.8 cm³/mol. The molecule has 0 saturated carbocycles. The van der Waals surface area contributed by atoms with Crippen LogP contribution in [0.3, 0.4) is 0 Å². The molecule has 22 heavy (non-hydrogen) atoms.